The SMILES string of the molecule is CCCC(CC(=O)O)NC(=O)NCC(C)N(C)C1CC1. The molecule has 0 heterocycles. The van der Waals surface area contributed by atoms with E-state index in [4.69, 9.17) is 5.11 Å². The maximum atomic E-state index is 11.8. The monoisotopic (exact) mass is 285 g/mol. The molecule has 0 radical (unpaired) electrons. The highest BCUT2D eigenvalue weighted by atomic mass is 16.4. The normalized spacial score (nSPS) is 17.6. The predicted octanol–water partition coefficient (Wildman–Crippen LogP) is 1.41. The fourth-order valence-electron chi connectivity index (χ4n) is 2.25. The van der Waals surface area contributed by atoms with E-state index < -0.39 is 5.97 Å². The Bertz CT molecular complexity index is 332. The van der Waals surface area contributed by atoms with Crippen LogP contribution in [0.1, 0.15) is 46.0 Å². The van der Waals surface area contributed by atoms with Crippen molar-refractivity contribution in [2.45, 2.75) is 64.1 Å². The van der Waals surface area contributed by atoms with E-state index in [1.54, 1.807) is 0 Å². The molecule has 1 saturated carbocycles. The molecule has 3 N–H and O–H groups in total. The molecule has 0 aliphatic heterocycles. The number of carboxylic acid groups (broad SMARTS) is 1. The molecule has 0 aromatic carbocycles. The van der Waals surface area contributed by atoms with Gasteiger partial charge in [-0.1, -0.05) is 13.3 Å². The van der Waals surface area contributed by atoms with Crippen molar-refractivity contribution in [3.63, 3.8) is 0 Å². The molecule has 1 rings (SSSR count). The van der Waals surface area contributed by atoms with Gasteiger partial charge in [0.2, 0.25) is 0 Å². The second-order valence-corrected chi connectivity index (χ2v) is 5.68. The fraction of sp³-hybridized carbons (Fsp3) is 0.857. The van der Waals surface area contributed by atoms with Gasteiger partial charge in [0.15, 0.2) is 0 Å². The van der Waals surface area contributed by atoms with Gasteiger partial charge in [-0.05, 0) is 33.2 Å². The van der Waals surface area contributed by atoms with E-state index in [0.717, 1.165) is 6.42 Å². The maximum absolute atomic E-state index is 11.8. The van der Waals surface area contributed by atoms with E-state index in [0.29, 0.717) is 19.0 Å². The summed E-state index contributed by atoms with van der Waals surface area (Å²) in [6, 6.07) is 0.377. The second kappa shape index (κ2) is 8.09. The Kier molecular flexibility index (Phi) is 6.78. The highest BCUT2D eigenvalue weighted by Crippen LogP contribution is 2.26. The minimum atomic E-state index is -0.884. The molecule has 116 valence electrons. The maximum Gasteiger partial charge on any atom is 0.315 e. The number of hydrogen-bond acceptors (Lipinski definition) is 3. The minimum absolute atomic E-state index is 0.0290. The van der Waals surface area contributed by atoms with E-state index in [9.17, 15) is 9.59 Å². The number of amides is 2. The molecular weight excluding hydrogens is 258 g/mol. The Balaban J connectivity index is 2.27. The van der Waals surface area contributed by atoms with Crippen molar-refractivity contribution < 1.29 is 14.7 Å². The third-order valence-corrected chi connectivity index (χ3v) is 3.77. The molecule has 1 aliphatic rings. The predicted molar refractivity (Wildman–Crippen MR) is 77.7 cm³/mol. The third-order valence-electron chi connectivity index (χ3n) is 3.77. The van der Waals surface area contributed by atoms with Crippen LogP contribution in [0.2, 0.25) is 0 Å². The highest BCUT2D eigenvalue weighted by Gasteiger charge is 2.29. The van der Waals surface area contributed by atoms with Gasteiger partial charge in [0.25, 0.3) is 0 Å². The number of nitrogens with zero attached hydrogens (tertiary/aromatic N) is 1. The minimum Gasteiger partial charge on any atom is -0.481 e. The molecule has 2 amide bonds. The topological polar surface area (TPSA) is 81.7 Å². The number of carbonyl (C=O) groups is 2. The average molecular weight is 285 g/mol. The molecule has 1 fully saturated rings. The van der Waals surface area contributed by atoms with Gasteiger partial charge in [-0.15, -0.1) is 0 Å². The number of hydrogen-bond donors (Lipinski definition) is 3. The largest absolute Gasteiger partial charge is 0.481 e. The van der Waals surface area contributed by atoms with Crippen molar-refractivity contribution in [1.82, 2.24) is 15.5 Å². The Morgan fingerprint density at radius 1 is 1.40 bits per heavy atom. The number of nitrogens with one attached hydrogen (secondary N) is 2. The van der Waals surface area contributed by atoms with Crippen molar-refractivity contribution in [2.75, 3.05) is 13.6 Å². The molecular formula is C14H27N3O3. The molecule has 0 spiro atoms. The molecule has 6 heteroatoms. The van der Waals surface area contributed by atoms with Crippen molar-refractivity contribution in [3.8, 4) is 0 Å². The van der Waals surface area contributed by atoms with Gasteiger partial charge < -0.3 is 15.7 Å². The summed E-state index contributed by atoms with van der Waals surface area (Å²) in [5.74, 6) is -0.884. The van der Waals surface area contributed by atoms with Gasteiger partial charge in [-0.25, -0.2) is 4.79 Å². The first-order valence-electron chi connectivity index (χ1n) is 7.42. The summed E-state index contributed by atoms with van der Waals surface area (Å²) in [7, 11) is 2.08. The fourth-order valence-corrected chi connectivity index (χ4v) is 2.25. The number of carboxylic acids is 1. The summed E-state index contributed by atoms with van der Waals surface area (Å²) >= 11 is 0. The second-order valence-electron chi connectivity index (χ2n) is 5.68. The van der Waals surface area contributed by atoms with Crippen LogP contribution in [0.25, 0.3) is 0 Å². The summed E-state index contributed by atoms with van der Waals surface area (Å²) in [6.07, 6.45) is 3.98. The summed E-state index contributed by atoms with van der Waals surface area (Å²) < 4.78 is 0. The summed E-state index contributed by atoms with van der Waals surface area (Å²) in [6.45, 7) is 4.63. The Morgan fingerprint density at radius 2 is 2.05 bits per heavy atom. The summed E-state index contributed by atoms with van der Waals surface area (Å²) in [5.41, 5.74) is 0. The Labute approximate surface area is 120 Å². The quantitative estimate of drug-likeness (QED) is 0.598. The van der Waals surface area contributed by atoms with Crippen LogP contribution in [-0.2, 0) is 4.79 Å². The van der Waals surface area contributed by atoms with Crippen molar-refractivity contribution >= 4 is 12.0 Å². The van der Waals surface area contributed by atoms with Gasteiger partial charge in [-0.3, -0.25) is 9.69 Å². The standard InChI is InChI=1S/C14H27N3O3/c1-4-5-11(8-13(18)19)16-14(20)15-9-10(2)17(3)12-6-7-12/h10-12H,4-9H2,1-3H3,(H,18,19)(H2,15,16,20). The lowest BCUT2D eigenvalue weighted by molar-refractivity contribution is -0.137. The van der Waals surface area contributed by atoms with Gasteiger partial charge in [0.05, 0.1) is 6.42 Å². The number of likely N-dealkylation sites (N-methyl/N-ethyl adjacent to an activating group) is 1. The van der Waals surface area contributed by atoms with Crippen LogP contribution in [0.5, 0.6) is 0 Å². The van der Waals surface area contributed by atoms with Gasteiger partial charge >= 0.3 is 12.0 Å². The van der Waals surface area contributed by atoms with E-state index in [1.165, 1.54) is 12.8 Å². The number of carbonyl (C=O) groups excluding carboxylic acids is 1. The zero-order valence-electron chi connectivity index (χ0n) is 12.7. The van der Waals surface area contributed by atoms with Gasteiger partial charge in [0, 0.05) is 24.7 Å². The van der Waals surface area contributed by atoms with Crippen molar-refractivity contribution in [1.29, 1.82) is 0 Å². The zero-order valence-corrected chi connectivity index (χ0v) is 12.7. The lowest BCUT2D eigenvalue weighted by atomic mass is 10.1. The molecule has 0 aromatic heterocycles. The van der Waals surface area contributed by atoms with Crippen LogP contribution in [0.15, 0.2) is 0 Å². The van der Waals surface area contributed by atoms with E-state index in [1.807, 2.05) is 6.92 Å². The van der Waals surface area contributed by atoms with Crippen molar-refractivity contribution in [3.05, 3.63) is 0 Å². The first-order valence-corrected chi connectivity index (χ1v) is 7.42. The van der Waals surface area contributed by atoms with Crippen LogP contribution in [0.3, 0.4) is 0 Å². The average Bonchev–Trinajstić information content (AvgIpc) is 3.18. The first-order chi connectivity index (χ1) is 9.43. The van der Waals surface area contributed by atoms with Crippen LogP contribution < -0.4 is 10.6 Å². The van der Waals surface area contributed by atoms with Gasteiger partial charge in [0.1, 0.15) is 0 Å². The smallest absolute Gasteiger partial charge is 0.315 e. The number of rotatable bonds is 9. The molecule has 0 bridgehead atoms. The molecule has 6 nitrogen and oxygen atoms in total. The lowest BCUT2D eigenvalue weighted by Crippen LogP contribution is -2.47. The molecule has 2 atom stereocenters. The summed E-state index contributed by atoms with van der Waals surface area (Å²) in [4.78, 5) is 24.8. The van der Waals surface area contributed by atoms with Crippen LogP contribution >= 0.6 is 0 Å². The summed E-state index contributed by atoms with van der Waals surface area (Å²) in [5, 5.41) is 14.4. The van der Waals surface area contributed by atoms with Crippen LogP contribution in [0.4, 0.5) is 4.79 Å². The first kappa shape index (κ1) is 16.8. The number of urea groups is 1. The molecule has 1 aliphatic carbocycles. The van der Waals surface area contributed by atoms with Crippen molar-refractivity contribution in [2.24, 2.45) is 0 Å². The van der Waals surface area contributed by atoms with E-state index in [2.05, 4.69) is 29.5 Å². The van der Waals surface area contributed by atoms with E-state index in [-0.39, 0.29) is 24.5 Å². The number of aliphatic carboxylic acids is 1. The van der Waals surface area contributed by atoms with Crippen LogP contribution in [-0.4, -0.2) is 53.7 Å². The van der Waals surface area contributed by atoms with Crippen LogP contribution in [0, 0.1) is 0 Å². The molecule has 0 saturated heterocycles. The molecule has 0 aromatic rings. The Morgan fingerprint density at radius 3 is 2.55 bits per heavy atom. The zero-order chi connectivity index (χ0) is 15.1. The third kappa shape index (κ3) is 6.23. The lowest BCUT2D eigenvalue weighted by Gasteiger charge is -2.25. The van der Waals surface area contributed by atoms with E-state index >= 15 is 0 Å². The van der Waals surface area contributed by atoms with Gasteiger partial charge in [-0.2, -0.15) is 0 Å². The molecule has 20 heavy (non-hydrogen) atoms. The highest BCUT2D eigenvalue weighted by molar-refractivity contribution is 5.75. The molecule has 2 unspecified atom stereocenters. The Hall–Kier alpha value is -1.30.